The van der Waals surface area contributed by atoms with Gasteiger partial charge in [-0.05, 0) is 11.8 Å². The molecular formula is C14H26B. The van der Waals surface area contributed by atoms with Crippen molar-refractivity contribution < 1.29 is 0 Å². The molecule has 0 N–H and O–H groups in total. The van der Waals surface area contributed by atoms with Crippen molar-refractivity contribution in [2.24, 2.45) is 11.8 Å². The summed E-state index contributed by atoms with van der Waals surface area (Å²) >= 11 is 0. The molecule has 0 bridgehead atoms. The molecule has 0 saturated heterocycles. The molecular weight excluding hydrogens is 179 g/mol. The third-order valence-electron chi connectivity index (χ3n) is 4.85. The summed E-state index contributed by atoms with van der Waals surface area (Å²) < 4.78 is 0. The SMILES string of the molecule is CC1CCCCC1[B]C1CCCCC1C. The normalized spacial score (nSPS) is 42.5. The summed E-state index contributed by atoms with van der Waals surface area (Å²) in [7, 11) is 2.76. The first-order valence-electron chi connectivity index (χ1n) is 7.12. The second-order valence-electron chi connectivity index (χ2n) is 6.04. The van der Waals surface area contributed by atoms with Gasteiger partial charge < -0.3 is 0 Å². The van der Waals surface area contributed by atoms with Gasteiger partial charge in [0.25, 0.3) is 0 Å². The summed E-state index contributed by atoms with van der Waals surface area (Å²) in [5, 5.41) is 0. The highest BCUT2D eigenvalue weighted by Gasteiger charge is 2.29. The topological polar surface area (TPSA) is 0 Å². The van der Waals surface area contributed by atoms with Crippen LogP contribution in [0.15, 0.2) is 0 Å². The van der Waals surface area contributed by atoms with Crippen LogP contribution in [0.2, 0.25) is 11.6 Å². The van der Waals surface area contributed by atoms with E-state index in [1.54, 1.807) is 0 Å². The van der Waals surface area contributed by atoms with E-state index < -0.39 is 0 Å². The molecule has 4 unspecified atom stereocenters. The molecule has 15 heavy (non-hydrogen) atoms. The Morgan fingerprint density at radius 3 is 1.47 bits per heavy atom. The summed E-state index contributed by atoms with van der Waals surface area (Å²) in [6.07, 6.45) is 11.8. The van der Waals surface area contributed by atoms with Crippen molar-refractivity contribution in [1.82, 2.24) is 0 Å². The van der Waals surface area contributed by atoms with Gasteiger partial charge in [0.15, 0.2) is 0 Å². The van der Waals surface area contributed by atoms with E-state index in [2.05, 4.69) is 21.1 Å². The van der Waals surface area contributed by atoms with Gasteiger partial charge in [-0.15, -0.1) is 0 Å². The van der Waals surface area contributed by atoms with Gasteiger partial charge in [-0.1, -0.05) is 76.8 Å². The standard InChI is InChI=1S/C14H26B/c1-11-7-3-5-9-13(11)15-14-10-6-4-8-12(14)2/h11-14H,3-10H2,1-2H3. The van der Waals surface area contributed by atoms with E-state index in [0.717, 1.165) is 23.5 Å². The maximum absolute atomic E-state index is 2.76. The Labute approximate surface area is 96.5 Å². The number of hydrogen-bond acceptors (Lipinski definition) is 0. The van der Waals surface area contributed by atoms with E-state index in [0.29, 0.717) is 0 Å². The van der Waals surface area contributed by atoms with Crippen molar-refractivity contribution in [2.75, 3.05) is 0 Å². The van der Waals surface area contributed by atoms with E-state index in [-0.39, 0.29) is 0 Å². The van der Waals surface area contributed by atoms with Crippen LogP contribution in [-0.4, -0.2) is 7.28 Å². The Hall–Kier alpha value is 0.0649. The van der Waals surface area contributed by atoms with Gasteiger partial charge >= 0.3 is 0 Å². The van der Waals surface area contributed by atoms with Gasteiger partial charge in [0.1, 0.15) is 7.28 Å². The second kappa shape index (κ2) is 5.41. The quantitative estimate of drug-likeness (QED) is 0.574. The summed E-state index contributed by atoms with van der Waals surface area (Å²) in [6, 6.07) is 0. The molecule has 0 aliphatic heterocycles. The first-order chi connectivity index (χ1) is 7.27. The molecule has 2 aliphatic carbocycles. The minimum absolute atomic E-state index is 0.948. The Morgan fingerprint density at radius 1 is 0.667 bits per heavy atom. The molecule has 0 aromatic carbocycles. The zero-order valence-corrected chi connectivity index (χ0v) is 10.5. The zero-order chi connectivity index (χ0) is 10.7. The largest absolute Gasteiger partial charge is 0.118 e. The highest BCUT2D eigenvalue weighted by Crippen LogP contribution is 2.41. The average molecular weight is 205 g/mol. The number of rotatable bonds is 2. The molecule has 0 heterocycles. The third-order valence-corrected chi connectivity index (χ3v) is 4.85. The van der Waals surface area contributed by atoms with Crippen molar-refractivity contribution in [1.29, 1.82) is 0 Å². The minimum atomic E-state index is 0.948. The lowest BCUT2D eigenvalue weighted by atomic mass is 9.44. The Morgan fingerprint density at radius 2 is 1.07 bits per heavy atom. The molecule has 1 heteroatoms. The molecule has 0 amide bonds. The highest BCUT2D eigenvalue weighted by atomic mass is 14.2. The van der Waals surface area contributed by atoms with E-state index in [9.17, 15) is 0 Å². The Bertz CT molecular complexity index is 170. The van der Waals surface area contributed by atoms with Crippen LogP contribution in [0.5, 0.6) is 0 Å². The Balaban J connectivity index is 1.83. The van der Waals surface area contributed by atoms with Crippen LogP contribution in [0.4, 0.5) is 0 Å². The van der Waals surface area contributed by atoms with Crippen LogP contribution < -0.4 is 0 Å². The fraction of sp³-hybridized carbons (Fsp3) is 1.00. The zero-order valence-electron chi connectivity index (χ0n) is 10.5. The van der Waals surface area contributed by atoms with Crippen LogP contribution in [0.25, 0.3) is 0 Å². The van der Waals surface area contributed by atoms with Crippen LogP contribution in [0.1, 0.15) is 65.2 Å². The first kappa shape index (κ1) is 11.5. The van der Waals surface area contributed by atoms with Gasteiger partial charge in [0.2, 0.25) is 0 Å². The van der Waals surface area contributed by atoms with Crippen molar-refractivity contribution in [2.45, 2.75) is 76.8 Å². The maximum Gasteiger partial charge on any atom is 0.118 e. The maximum atomic E-state index is 2.76. The van der Waals surface area contributed by atoms with E-state index >= 15 is 0 Å². The predicted octanol–water partition coefficient (Wildman–Crippen LogP) is 4.69. The molecule has 0 aromatic heterocycles. The highest BCUT2D eigenvalue weighted by molar-refractivity contribution is 6.39. The minimum Gasteiger partial charge on any atom is -0.0660 e. The third kappa shape index (κ3) is 3.01. The summed E-state index contributed by atoms with van der Waals surface area (Å²) in [5.41, 5.74) is 0. The lowest BCUT2D eigenvalue weighted by Crippen LogP contribution is -2.25. The summed E-state index contributed by atoms with van der Waals surface area (Å²) in [5.74, 6) is 3.83. The van der Waals surface area contributed by atoms with Gasteiger partial charge in [0, 0.05) is 0 Å². The molecule has 85 valence electrons. The molecule has 2 rings (SSSR count). The molecule has 0 nitrogen and oxygen atoms in total. The molecule has 2 saturated carbocycles. The van der Waals surface area contributed by atoms with Gasteiger partial charge in [0.05, 0.1) is 0 Å². The average Bonchev–Trinajstić information content (AvgIpc) is 2.24. The Kier molecular flexibility index (Phi) is 4.17. The van der Waals surface area contributed by atoms with Crippen LogP contribution in [0.3, 0.4) is 0 Å². The van der Waals surface area contributed by atoms with Gasteiger partial charge in [-0.3, -0.25) is 0 Å². The first-order valence-corrected chi connectivity index (χ1v) is 7.12. The predicted molar refractivity (Wildman–Crippen MR) is 68.5 cm³/mol. The van der Waals surface area contributed by atoms with Gasteiger partial charge in [-0.25, -0.2) is 0 Å². The van der Waals surface area contributed by atoms with Gasteiger partial charge in [-0.2, -0.15) is 0 Å². The molecule has 1 radical (unpaired) electrons. The van der Waals surface area contributed by atoms with E-state index in [1.165, 1.54) is 51.4 Å². The molecule has 2 fully saturated rings. The fourth-order valence-corrected chi connectivity index (χ4v) is 3.58. The molecule has 0 aromatic rings. The lowest BCUT2D eigenvalue weighted by Gasteiger charge is -2.35. The van der Waals surface area contributed by atoms with E-state index in [4.69, 9.17) is 0 Å². The molecule has 0 spiro atoms. The van der Waals surface area contributed by atoms with Crippen LogP contribution in [-0.2, 0) is 0 Å². The fourth-order valence-electron chi connectivity index (χ4n) is 3.58. The van der Waals surface area contributed by atoms with Crippen LogP contribution >= 0.6 is 0 Å². The lowest BCUT2D eigenvalue weighted by molar-refractivity contribution is 0.353. The summed E-state index contributed by atoms with van der Waals surface area (Å²) in [6.45, 7) is 4.93. The van der Waals surface area contributed by atoms with Crippen molar-refractivity contribution in [3.05, 3.63) is 0 Å². The number of hydrogen-bond donors (Lipinski definition) is 0. The van der Waals surface area contributed by atoms with E-state index in [1.807, 2.05) is 0 Å². The summed E-state index contributed by atoms with van der Waals surface area (Å²) in [4.78, 5) is 0. The monoisotopic (exact) mass is 205 g/mol. The van der Waals surface area contributed by atoms with Crippen molar-refractivity contribution in [3.63, 3.8) is 0 Å². The second-order valence-corrected chi connectivity index (χ2v) is 6.04. The molecule has 2 aliphatic rings. The van der Waals surface area contributed by atoms with Crippen molar-refractivity contribution >= 4 is 7.28 Å². The smallest absolute Gasteiger partial charge is 0.0660 e. The van der Waals surface area contributed by atoms with Crippen molar-refractivity contribution in [3.8, 4) is 0 Å². The van der Waals surface area contributed by atoms with Crippen LogP contribution in [0, 0.1) is 11.8 Å². The molecule has 4 atom stereocenters.